The van der Waals surface area contributed by atoms with Gasteiger partial charge in [-0.05, 0) is 31.7 Å². The predicted octanol–water partition coefficient (Wildman–Crippen LogP) is -0.603. The molecule has 0 aromatic heterocycles. The molecule has 0 aliphatic heterocycles. The lowest BCUT2D eigenvalue weighted by Crippen LogP contribution is -2.53. The highest BCUT2D eigenvalue weighted by molar-refractivity contribution is 4.93. The Balaban J connectivity index is 2.57. The lowest BCUT2D eigenvalue weighted by Gasteiger charge is -2.40. The van der Waals surface area contributed by atoms with Crippen molar-refractivity contribution in [3.63, 3.8) is 0 Å². The molecule has 1 saturated carbocycles. The van der Waals surface area contributed by atoms with Crippen molar-refractivity contribution in [2.45, 2.75) is 44.4 Å². The van der Waals surface area contributed by atoms with Crippen molar-refractivity contribution in [3.8, 4) is 0 Å². The van der Waals surface area contributed by atoms with Crippen LogP contribution in [0.3, 0.4) is 0 Å². The van der Waals surface area contributed by atoms with Gasteiger partial charge in [-0.3, -0.25) is 0 Å². The first-order chi connectivity index (χ1) is 6.56. The minimum atomic E-state index is -0.433. The van der Waals surface area contributed by atoms with E-state index in [1.165, 1.54) is 0 Å². The molecule has 1 rings (SSSR count). The SMILES string of the molecule is CC1CC(N)C(C(O)CCN)C(N)C1. The molecule has 0 amide bonds. The molecule has 0 aromatic carbocycles. The molecule has 0 bridgehead atoms. The number of hydrogen-bond acceptors (Lipinski definition) is 4. The second-order valence-corrected chi connectivity index (χ2v) is 4.63. The summed E-state index contributed by atoms with van der Waals surface area (Å²) in [6.45, 7) is 2.65. The lowest BCUT2D eigenvalue weighted by molar-refractivity contribution is 0.0446. The average Bonchev–Trinajstić information content (AvgIpc) is 2.01. The highest BCUT2D eigenvalue weighted by atomic mass is 16.3. The Hall–Kier alpha value is -0.160. The quantitative estimate of drug-likeness (QED) is 0.490. The minimum absolute atomic E-state index is 0.0229. The minimum Gasteiger partial charge on any atom is -0.393 e. The van der Waals surface area contributed by atoms with Gasteiger partial charge in [0, 0.05) is 18.0 Å². The molecule has 1 aliphatic rings. The highest BCUT2D eigenvalue weighted by Crippen LogP contribution is 2.29. The van der Waals surface area contributed by atoms with Crippen LogP contribution in [0.5, 0.6) is 0 Å². The Bertz CT molecular complexity index is 159. The van der Waals surface area contributed by atoms with Crippen LogP contribution in [-0.4, -0.2) is 29.8 Å². The number of nitrogens with two attached hydrogens (primary N) is 3. The molecule has 0 saturated heterocycles. The maximum Gasteiger partial charge on any atom is 0.0610 e. The van der Waals surface area contributed by atoms with E-state index >= 15 is 0 Å². The molecule has 3 atom stereocenters. The van der Waals surface area contributed by atoms with Crippen molar-refractivity contribution in [3.05, 3.63) is 0 Å². The van der Waals surface area contributed by atoms with Crippen LogP contribution in [0.2, 0.25) is 0 Å². The van der Waals surface area contributed by atoms with Crippen molar-refractivity contribution >= 4 is 0 Å². The van der Waals surface area contributed by atoms with Crippen LogP contribution in [0.4, 0.5) is 0 Å². The largest absolute Gasteiger partial charge is 0.393 e. The van der Waals surface area contributed by atoms with Crippen molar-refractivity contribution in [1.29, 1.82) is 0 Å². The summed E-state index contributed by atoms with van der Waals surface area (Å²) >= 11 is 0. The van der Waals surface area contributed by atoms with E-state index in [4.69, 9.17) is 17.2 Å². The Labute approximate surface area is 85.8 Å². The van der Waals surface area contributed by atoms with E-state index < -0.39 is 6.10 Å². The first-order valence-corrected chi connectivity index (χ1v) is 5.45. The third kappa shape index (κ3) is 2.67. The number of rotatable bonds is 3. The Kier molecular flexibility index (Phi) is 4.31. The summed E-state index contributed by atoms with van der Waals surface area (Å²) in [5.41, 5.74) is 17.4. The summed E-state index contributed by atoms with van der Waals surface area (Å²) in [6.07, 6.45) is 2.08. The number of aliphatic hydroxyl groups excluding tert-OH is 1. The van der Waals surface area contributed by atoms with Gasteiger partial charge >= 0.3 is 0 Å². The molecule has 0 spiro atoms. The molecule has 1 fully saturated rings. The summed E-state index contributed by atoms with van der Waals surface area (Å²) in [5.74, 6) is 0.594. The molecule has 84 valence electrons. The van der Waals surface area contributed by atoms with Gasteiger partial charge in [0.05, 0.1) is 6.10 Å². The van der Waals surface area contributed by atoms with Gasteiger partial charge in [0.15, 0.2) is 0 Å². The van der Waals surface area contributed by atoms with Crippen molar-refractivity contribution in [2.24, 2.45) is 29.0 Å². The van der Waals surface area contributed by atoms with E-state index in [9.17, 15) is 5.11 Å². The van der Waals surface area contributed by atoms with Gasteiger partial charge in [-0.25, -0.2) is 0 Å². The van der Waals surface area contributed by atoms with E-state index in [1.807, 2.05) is 0 Å². The van der Waals surface area contributed by atoms with E-state index in [2.05, 4.69) is 6.92 Å². The van der Waals surface area contributed by atoms with Crippen LogP contribution in [-0.2, 0) is 0 Å². The fraction of sp³-hybridized carbons (Fsp3) is 1.00. The number of aliphatic hydroxyl groups is 1. The maximum absolute atomic E-state index is 9.86. The second kappa shape index (κ2) is 5.07. The Morgan fingerprint density at radius 1 is 1.29 bits per heavy atom. The molecular weight excluding hydrogens is 178 g/mol. The van der Waals surface area contributed by atoms with Crippen LogP contribution < -0.4 is 17.2 Å². The van der Waals surface area contributed by atoms with Crippen molar-refractivity contribution < 1.29 is 5.11 Å². The topological polar surface area (TPSA) is 98.3 Å². The molecule has 14 heavy (non-hydrogen) atoms. The Morgan fingerprint density at radius 2 is 1.79 bits per heavy atom. The van der Waals surface area contributed by atoms with Gasteiger partial charge in [0.25, 0.3) is 0 Å². The Morgan fingerprint density at radius 3 is 2.21 bits per heavy atom. The fourth-order valence-corrected chi connectivity index (χ4v) is 2.59. The first kappa shape index (κ1) is 11.9. The van der Waals surface area contributed by atoms with Crippen molar-refractivity contribution in [2.75, 3.05) is 6.54 Å². The third-order valence-corrected chi connectivity index (χ3v) is 3.24. The summed E-state index contributed by atoms with van der Waals surface area (Å²) in [6, 6.07) is 0.0469. The normalized spacial score (nSPS) is 40.9. The van der Waals surface area contributed by atoms with Gasteiger partial charge in [0.1, 0.15) is 0 Å². The van der Waals surface area contributed by atoms with Crippen LogP contribution in [0.15, 0.2) is 0 Å². The zero-order valence-corrected chi connectivity index (χ0v) is 8.89. The summed E-state index contributed by atoms with van der Waals surface area (Å²) < 4.78 is 0. The zero-order chi connectivity index (χ0) is 10.7. The summed E-state index contributed by atoms with van der Waals surface area (Å²) in [5, 5.41) is 9.86. The van der Waals surface area contributed by atoms with Gasteiger partial charge < -0.3 is 22.3 Å². The molecule has 4 heteroatoms. The first-order valence-electron chi connectivity index (χ1n) is 5.45. The third-order valence-electron chi connectivity index (χ3n) is 3.24. The van der Waals surface area contributed by atoms with Gasteiger partial charge in [-0.1, -0.05) is 6.92 Å². The lowest BCUT2D eigenvalue weighted by atomic mass is 9.73. The van der Waals surface area contributed by atoms with Crippen LogP contribution in [0.25, 0.3) is 0 Å². The highest BCUT2D eigenvalue weighted by Gasteiger charge is 2.36. The van der Waals surface area contributed by atoms with Gasteiger partial charge in [-0.15, -0.1) is 0 Å². The average molecular weight is 201 g/mol. The zero-order valence-electron chi connectivity index (χ0n) is 8.89. The molecule has 4 nitrogen and oxygen atoms in total. The monoisotopic (exact) mass is 201 g/mol. The smallest absolute Gasteiger partial charge is 0.0610 e. The molecule has 0 aromatic rings. The second-order valence-electron chi connectivity index (χ2n) is 4.63. The summed E-state index contributed by atoms with van der Waals surface area (Å²) in [7, 11) is 0. The van der Waals surface area contributed by atoms with Gasteiger partial charge in [0.2, 0.25) is 0 Å². The molecular formula is C10H23N3O. The van der Waals surface area contributed by atoms with Crippen LogP contribution >= 0.6 is 0 Å². The molecule has 0 heterocycles. The fourth-order valence-electron chi connectivity index (χ4n) is 2.59. The maximum atomic E-state index is 9.86. The van der Waals surface area contributed by atoms with E-state index in [0.717, 1.165) is 12.8 Å². The summed E-state index contributed by atoms with van der Waals surface area (Å²) in [4.78, 5) is 0. The molecule has 7 N–H and O–H groups in total. The van der Waals surface area contributed by atoms with E-state index in [1.54, 1.807) is 0 Å². The van der Waals surface area contributed by atoms with Crippen molar-refractivity contribution in [1.82, 2.24) is 0 Å². The van der Waals surface area contributed by atoms with Crippen LogP contribution in [0, 0.1) is 11.8 Å². The molecule has 3 unspecified atom stereocenters. The predicted molar refractivity (Wildman–Crippen MR) is 57.5 cm³/mol. The van der Waals surface area contributed by atoms with E-state index in [0.29, 0.717) is 18.9 Å². The van der Waals surface area contributed by atoms with Gasteiger partial charge in [-0.2, -0.15) is 0 Å². The number of hydrogen-bond donors (Lipinski definition) is 4. The van der Waals surface area contributed by atoms with Crippen LogP contribution in [0.1, 0.15) is 26.2 Å². The van der Waals surface area contributed by atoms with E-state index in [-0.39, 0.29) is 18.0 Å². The standard InChI is InChI=1S/C10H23N3O/c1-6-4-7(12)10(8(13)5-6)9(14)2-3-11/h6-10,14H,2-5,11-13H2,1H3. The molecule has 1 aliphatic carbocycles. The molecule has 0 radical (unpaired) electrons.